The van der Waals surface area contributed by atoms with Gasteiger partial charge >= 0.3 is 5.69 Å². The highest BCUT2D eigenvalue weighted by molar-refractivity contribution is 7.98. The molecule has 0 bridgehead atoms. The number of H-pyrrole nitrogens is 1. The summed E-state index contributed by atoms with van der Waals surface area (Å²) in [6, 6.07) is 19.2. The first-order valence-electron chi connectivity index (χ1n) is 9.26. The number of rotatable bonds is 5. The molecule has 1 heterocycles. The first kappa shape index (κ1) is 20.8. The molecule has 0 aliphatic carbocycles. The zero-order valence-corrected chi connectivity index (χ0v) is 18.0. The average Bonchev–Trinajstić information content (AvgIpc) is 2.78. The van der Waals surface area contributed by atoms with Crippen LogP contribution in [0.15, 0.2) is 75.1 Å². The maximum atomic E-state index is 13.1. The van der Waals surface area contributed by atoms with Crippen LogP contribution in [0.4, 0.5) is 0 Å². The SMILES string of the molecule is CSc1ccc(Cn2c(=O)[nH]c3ccc(Oc4ccc(Cl)cc4)cc3c2=O)cc1C#N. The van der Waals surface area contributed by atoms with Gasteiger partial charge in [-0.2, -0.15) is 5.26 Å². The molecule has 0 unspecified atom stereocenters. The predicted octanol–water partition coefficient (Wildman–Crippen LogP) is 4.78. The summed E-state index contributed by atoms with van der Waals surface area (Å²) in [4.78, 5) is 29.2. The second-order valence-corrected chi connectivity index (χ2v) is 8.02. The summed E-state index contributed by atoms with van der Waals surface area (Å²) in [5.74, 6) is 1.04. The van der Waals surface area contributed by atoms with Gasteiger partial charge in [0.15, 0.2) is 0 Å². The van der Waals surface area contributed by atoms with Gasteiger partial charge in [-0.05, 0) is 66.4 Å². The second kappa shape index (κ2) is 8.72. The largest absolute Gasteiger partial charge is 0.457 e. The number of thioether (sulfide) groups is 1. The number of aromatic amines is 1. The van der Waals surface area contributed by atoms with E-state index in [1.165, 1.54) is 11.8 Å². The van der Waals surface area contributed by atoms with Gasteiger partial charge in [0.1, 0.15) is 17.6 Å². The number of halogens is 1. The Morgan fingerprint density at radius 3 is 2.52 bits per heavy atom. The minimum Gasteiger partial charge on any atom is -0.457 e. The van der Waals surface area contributed by atoms with E-state index in [9.17, 15) is 14.9 Å². The summed E-state index contributed by atoms with van der Waals surface area (Å²) < 4.78 is 6.92. The Balaban J connectivity index is 1.73. The van der Waals surface area contributed by atoms with Crippen molar-refractivity contribution < 1.29 is 4.74 Å². The third-order valence-corrected chi connectivity index (χ3v) is 5.78. The lowest BCUT2D eigenvalue weighted by molar-refractivity contribution is 0.483. The maximum Gasteiger partial charge on any atom is 0.329 e. The molecule has 4 rings (SSSR count). The Morgan fingerprint density at radius 2 is 1.81 bits per heavy atom. The average molecular weight is 450 g/mol. The number of nitrogens with one attached hydrogen (secondary N) is 1. The lowest BCUT2D eigenvalue weighted by Gasteiger charge is -2.10. The number of fused-ring (bicyclic) bond motifs is 1. The van der Waals surface area contributed by atoms with Crippen molar-refractivity contribution in [3.63, 3.8) is 0 Å². The van der Waals surface area contributed by atoms with Crippen LogP contribution in [0.2, 0.25) is 5.02 Å². The van der Waals surface area contributed by atoms with Crippen LogP contribution in [0.25, 0.3) is 10.9 Å². The van der Waals surface area contributed by atoms with Gasteiger partial charge in [0.2, 0.25) is 0 Å². The molecular formula is C23H16ClN3O3S. The Labute approximate surface area is 186 Å². The summed E-state index contributed by atoms with van der Waals surface area (Å²) in [5, 5.41) is 10.3. The molecule has 31 heavy (non-hydrogen) atoms. The van der Waals surface area contributed by atoms with Crippen LogP contribution < -0.4 is 16.0 Å². The molecule has 0 radical (unpaired) electrons. The van der Waals surface area contributed by atoms with Gasteiger partial charge in [-0.25, -0.2) is 4.79 Å². The zero-order chi connectivity index (χ0) is 22.0. The molecule has 154 valence electrons. The quantitative estimate of drug-likeness (QED) is 0.443. The van der Waals surface area contributed by atoms with Crippen molar-refractivity contribution in [3.8, 4) is 17.6 Å². The van der Waals surface area contributed by atoms with Crippen LogP contribution in [-0.4, -0.2) is 15.8 Å². The van der Waals surface area contributed by atoms with Gasteiger partial charge in [0, 0.05) is 9.92 Å². The minimum atomic E-state index is -0.517. The van der Waals surface area contributed by atoms with Gasteiger partial charge in [-0.3, -0.25) is 9.36 Å². The summed E-state index contributed by atoms with van der Waals surface area (Å²) in [5.41, 5.74) is 0.665. The third kappa shape index (κ3) is 4.36. The summed E-state index contributed by atoms with van der Waals surface area (Å²) in [6.45, 7) is 0.0513. The maximum absolute atomic E-state index is 13.1. The zero-order valence-electron chi connectivity index (χ0n) is 16.4. The lowest BCUT2D eigenvalue weighted by atomic mass is 10.1. The van der Waals surface area contributed by atoms with Crippen molar-refractivity contribution >= 4 is 34.3 Å². The van der Waals surface area contributed by atoms with Crippen molar-refractivity contribution in [2.75, 3.05) is 6.26 Å². The van der Waals surface area contributed by atoms with Crippen molar-refractivity contribution in [1.29, 1.82) is 5.26 Å². The van der Waals surface area contributed by atoms with E-state index >= 15 is 0 Å². The first-order chi connectivity index (χ1) is 15.0. The van der Waals surface area contributed by atoms with Crippen LogP contribution >= 0.6 is 23.4 Å². The number of ether oxygens (including phenoxy) is 1. The van der Waals surface area contributed by atoms with Gasteiger partial charge < -0.3 is 9.72 Å². The second-order valence-electron chi connectivity index (χ2n) is 6.73. The van der Waals surface area contributed by atoms with E-state index in [1.54, 1.807) is 48.5 Å². The fourth-order valence-electron chi connectivity index (χ4n) is 3.20. The molecule has 0 saturated carbocycles. The van der Waals surface area contributed by atoms with E-state index in [2.05, 4.69) is 11.1 Å². The Kier molecular flexibility index (Phi) is 5.85. The molecular weight excluding hydrogens is 434 g/mol. The highest BCUT2D eigenvalue weighted by atomic mass is 35.5. The normalized spacial score (nSPS) is 10.7. The summed E-state index contributed by atoms with van der Waals surface area (Å²) in [7, 11) is 0. The van der Waals surface area contributed by atoms with Crippen LogP contribution in [0.1, 0.15) is 11.1 Å². The fraction of sp³-hybridized carbons (Fsp3) is 0.0870. The Hall–Kier alpha value is -3.47. The highest BCUT2D eigenvalue weighted by Gasteiger charge is 2.11. The molecule has 0 saturated heterocycles. The summed E-state index contributed by atoms with van der Waals surface area (Å²) in [6.07, 6.45) is 1.89. The Bertz CT molecular complexity index is 1440. The number of benzene rings is 3. The minimum absolute atomic E-state index is 0.0513. The summed E-state index contributed by atoms with van der Waals surface area (Å²) >= 11 is 7.36. The molecule has 0 amide bonds. The molecule has 1 N–H and O–H groups in total. The highest BCUT2D eigenvalue weighted by Crippen LogP contribution is 2.25. The van der Waals surface area contributed by atoms with Gasteiger partial charge in [-0.15, -0.1) is 11.8 Å². The van der Waals surface area contributed by atoms with Gasteiger partial charge in [0.05, 0.1) is 23.0 Å². The molecule has 0 fully saturated rings. The van der Waals surface area contributed by atoms with E-state index in [0.29, 0.717) is 38.6 Å². The van der Waals surface area contributed by atoms with Crippen LogP contribution in [-0.2, 0) is 6.54 Å². The number of aromatic nitrogens is 2. The number of hydrogen-bond donors (Lipinski definition) is 1. The molecule has 3 aromatic carbocycles. The van der Waals surface area contributed by atoms with E-state index < -0.39 is 11.2 Å². The molecule has 6 nitrogen and oxygen atoms in total. The Morgan fingerprint density at radius 1 is 1.06 bits per heavy atom. The van der Waals surface area contributed by atoms with Crippen molar-refractivity contribution in [2.45, 2.75) is 11.4 Å². The number of nitriles is 1. The van der Waals surface area contributed by atoms with E-state index in [0.717, 1.165) is 9.46 Å². The van der Waals surface area contributed by atoms with Crippen molar-refractivity contribution in [2.24, 2.45) is 0 Å². The molecule has 1 aromatic heterocycles. The standard InChI is InChI=1S/C23H16ClN3O3S/c1-31-21-9-2-14(10-15(21)12-25)13-27-22(28)19-11-18(7-8-20(19)26-23(27)29)30-17-5-3-16(24)4-6-17/h2-11H,13H2,1H3,(H,26,29). The number of nitrogens with zero attached hydrogens (tertiary/aromatic N) is 2. The molecule has 0 atom stereocenters. The monoisotopic (exact) mass is 449 g/mol. The first-order valence-corrected chi connectivity index (χ1v) is 10.9. The number of hydrogen-bond acceptors (Lipinski definition) is 5. The predicted molar refractivity (Wildman–Crippen MR) is 122 cm³/mol. The molecule has 0 aliphatic heterocycles. The molecule has 0 aliphatic rings. The van der Waals surface area contributed by atoms with Crippen molar-refractivity contribution in [1.82, 2.24) is 9.55 Å². The fourth-order valence-corrected chi connectivity index (χ4v) is 3.85. The molecule has 4 aromatic rings. The van der Waals surface area contributed by atoms with E-state index in [-0.39, 0.29) is 6.54 Å². The van der Waals surface area contributed by atoms with Crippen LogP contribution in [0, 0.1) is 11.3 Å². The smallest absolute Gasteiger partial charge is 0.329 e. The molecule has 0 spiro atoms. The van der Waals surface area contributed by atoms with Gasteiger partial charge in [0.25, 0.3) is 5.56 Å². The van der Waals surface area contributed by atoms with E-state index in [4.69, 9.17) is 16.3 Å². The van der Waals surface area contributed by atoms with Crippen LogP contribution in [0.5, 0.6) is 11.5 Å². The van der Waals surface area contributed by atoms with E-state index in [1.807, 2.05) is 18.4 Å². The van der Waals surface area contributed by atoms with Crippen molar-refractivity contribution in [3.05, 3.63) is 97.7 Å². The van der Waals surface area contributed by atoms with Crippen LogP contribution in [0.3, 0.4) is 0 Å². The lowest BCUT2D eigenvalue weighted by Crippen LogP contribution is -2.35. The third-order valence-electron chi connectivity index (χ3n) is 4.73. The van der Waals surface area contributed by atoms with Gasteiger partial charge in [-0.1, -0.05) is 17.7 Å². The topological polar surface area (TPSA) is 87.9 Å². The molecule has 8 heteroatoms.